The maximum atomic E-state index is 12.7. The second-order valence-corrected chi connectivity index (χ2v) is 8.08. The summed E-state index contributed by atoms with van der Waals surface area (Å²) < 4.78 is 0. The van der Waals surface area contributed by atoms with Crippen LogP contribution in [0, 0.1) is 0 Å². The largest absolute Gasteiger partial charge is 0.356 e. The van der Waals surface area contributed by atoms with Gasteiger partial charge in [-0.25, -0.2) is 0 Å². The van der Waals surface area contributed by atoms with Crippen LogP contribution in [0.25, 0.3) is 10.4 Å². The highest BCUT2D eigenvalue weighted by Crippen LogP contribution is 2.36. The van der Waals surface area contributed by atoms with E-state index in [4.69, 9.17) is 0 Å². The Morgan fingerprint density at radius 2 is 1.89 bits per heavy atom. The minimum atomic E-state index is -0.235. The molecule has 2 N–H and O–H groups in total. The molecule has 2 unspecified atom stereocenters. The third kappa shape index (κ3) is 2.96. The van der Waals surface area contributed by atoms with E-state index in [1.807, 2.05) is 60.0 Å². The molecule has 2 aromatic carbocycles. The first-order valence-corrected chi connectivity index (χ1v) is 10.2. The Morgan fingerprint density at radius 3 is 2.68 bits per heavy atom. The van der Waals surface area contributed by atoms with Crippen LogP contribution in [0.15, 0.2) is 66.0 Å². The monoisotopic (exact) mass is 389 g/mol. The fraction of sp³-hybridized carbons (Fsp3) is 0.182. The number of nitrogens with one attached hydrogen (secondary N) is 2. The number of fused-ring (bicyclic) bond motifs is 3. The Labute approximate surface area is 167 Å². The summed E-state index contributed by atoms with van der Waals surface area (Å²) in [6.45, 7) is 0.633. The van der Waals surface area contributed by atoms with Crippen LogP contribution in [-0.2, 0) is 4.79 Å². The molecule has 3 aromatic rings. The molecule has 3 heterocycles. The minimum absolute atomic E-state index is 0.00394. The van der Waals surface area contributed by atoms with Crippen LogP contribution >= 0.6 is 11.3 Å². The summed E-state index contributed by atoms with van der Waals surface area (Å²) in [5, 5.41) is 8.10. The van der Waals surface area contributed by atoms with Gasteiger partial charge in [-0.2, -0.15) is 0 Å². The number of carbonyl (C=O) groups is 2. The molecule has 2 aliphatic rings. The standard InChI is InChI=1S/C22H19N3O2S/c26-21(15-9-7-14(8-10-15)20-6-3-11-28-20)23-16-12-19-22(27)24-17-4-1-2-5-18(17)25(19)13-16/h1-11,16,19H,12-13H2,(H,23,26)(H,24,27). The number of nitrogens with zero attached hydrogens (tertiary/aromatic N) is 1. The van der Waals surface area contributed by atoms with Gasteiger partial charge < -0.3 is 15.5 Å². The second kappa shape index (κ2) is 6.80. The average molecular weight is 389 g/mol. The lowest BCUT2D eigenvalue weighted by Crippen LogP contribution is -2.44. The van der Waals surface area contributed by atoms with E-state index in [1.54, 1.807) is 11.3 Å². The number of para-hydroxylation sites is 2. The van der Waals surface area contributed by atoms with E-state index in [-0.39, 0.29) is 23.9 Å². The summed E-state index contributed by atoms with van der Waals surface area (Å²) in [7, 11) is 0. The van der Waals surface area contributed by atoms with Crippen molar-refractivity contribution in [2.75, 3.05) is 16.8 Å². The van der Waals surface area contributed by atoms with Gasteiger partial charge in [0.15, 0.2) is 0 Å². The highest BCUT2D eigenvalue weighted by Gasteiger charge is 2.41. The third-order valence-corrected chi connectivity index (χ3v) is 6.28. The lowest BCUT2D eigenvalue weighted by molar-refractivity contribution is -0.117. The van der Waals surface area contributed by atoms with Crippen molar-refractivity contribution in [1.82, 2.24) is 5.32 Å². The molecule has 140 valence electrons. The number of carbonyl (C=O) groups excluding carboxylic acids is 2. The lowest BCUT2D eigenvalue weighted by Gasteiger charge is -2.32. The molecule has 0 saturated carbocycles. The molecular formula is C22H19N3O2S. The summed E-state index contributed by atoms with van der Waals surface area (Å²) >= 11 is 1.68. The zero-order valence-corrected chi connectivity index (χ0v) is 15.9. The van der Waals surface area contributed by atoms with E-state index < -0.39 is 0 Å². The molecule has 0 aliphatic carbocycles. The number of amides is 2. The Morgan fingerprint density at radius 1 is 1.07 bits per heavy atom. The molecule has 0 radical (unpaired) electrons. The van der Waals surface area contributed by atoms with Gasteiger partial charge in [0, 0.05) is 23.0 Å². The van der Waals surface area contributed by atoms with Gasteiger partial charge in [0.25, 0.3) is 5.91 Å². The molecule has 0 spiro atoms. The first-order valence-electron chi connectivity index (χ1n) is 9.30. The zero-order valence-electron chi connectivity index (χ0n) is 15.1. The Hall–Kier alpha value is -3.12. The Balaban J connectivity index is 1.30. The molecule has 2 aliphatic heterocycles. The van der Waals surface area contributed by atoms with Crippen LogP contribution in [0.4, 0.5) is 11.4 Å². The SMILES string of the molecule is O=C(NC1CC2C(=O)Nc3ccccc3N2C1)c1ccc(-c2cccs2)cc1. The topological polar surface area (TPSA) is 61.4 Å². The van der Waals surface area contributed by atoms with Gasteiger partial charge in [-0.05, 0) is 47.7 Å². The molecule has 2 amide bonds. The van der Waals surface area contributed by atoms with Crippen LogP contribution in [0.2, 0.25) is 0 Å². The molecule has 6 heteroatoms. The molecule has 5 nitrogen and oxygen atoms in total. The normalized spacial score (nSPS) is 20.3. The second-order valence-electron chi connectivity index (χ2n) is 7.14. The van der Waals surface area contributed by atoms with Crippen LogP contribution in [0.3, 0.4) is 0 Å². The van der Waals surface area contributed by atoms with Crippen molar-refractivity contribution >= 4 is 34.5 Å². The number of thiophene rings is 1. The van der Waals surface area contributed by atoms with Crippen LogP contribution in [-0.4, -0.2) is 30.4 Å². The van der Waals surface area contributed by atoms with Crippen molar-refractivity contribution < 1.29 is 9.59 Å². The smallest absolute Gasteiger partial charge is 0.251 e. The molecule has 28 heavy (non-hydrogen) atoms. The quantitative estimate of drug-likeness (QED) is 0.717. The Kier molecular flexibility index (Phi) is 4.13. The van der Waals surface area contributed by atoms with Crippen LogP contribution < -0.4 is 15.5 Å². The van der Waals surface area contributed by atoms with E-state index in [9.17, 15) is 9.59 Å². The average Bonchev–Trinajstić information content (AvgIpc) is 3.39. The third-order valence-electron chi connectivity index (χ3n) is 5.36. The number of hydrogen-bond donors (Lipinski definition) is 2. The summed E-state index contributed by atoms with van der Waals surface area (Å²) in [6, 6.07) is 19.2. The van der Waals surface area contributed by atoms with Crippen LogP contribution in [0.1, 0.15) is 16.8 Å². The number of hydrogen-bond acceptors (Lipinski definition) is 4. The molecule has 5 rings (SSSR count). The zero-order chi connectivity index (χ0) is 19.1. The van der Waals surface area contributed by atoms with E-state index in [0.717, 1.165) is 16.9 Å². The fourth-order valence-corrected chi connectivity index (χ4v) is 4.73. The molecule has 0 bridgehead atoms. The van der Waals surface area contributed by atoms with E-state index in [1.165, 1.54) is 4.88 Å². The molecule has 1 fully saturated rings. The van der Waals surface area contributed by atoms with Crippen molar-refractivity contribution in [3.8, 4) is 10.4 Å². The van der Waals surface area contributed by atoms with E-state index in [2.05, 4.69) is 21.6 Å². The van der Waals surface area contributed by atoms with Crippen LogP contribution in [0.5, 0.6) is 0 Å². The van der Waals surface area contributed by atoms with Crippen molar-refractivity contribution in [3.05, 3.63) is 71.6 Å². The summed E-state index contributed by atoms with van der Waals surface area (Å²) in [4.78, 5) is 28.4. The summed E-state index contributed by atoms with van der Waals surface area (Å²) in [5.41, 5.74) is 3.59. The number of rotatable bonds is 3. The number of benzene rings is 2. The predicted molar refractivity (Wildman–Crippen MR) is 112 cm³/mol. The van der Waals surface area contributed by atoms with E-state index >= 15 is 0 Å². The first-order chi connectivity index (χ1) is 13.7. The molecule has 1 saturated heterocycles. The molecule has 1 aromatic heterocycles. The Bertz CT molecular complexity index is 1030. The number of anilines is 2. The van der Waals surface area contributed by atoms with Crippen molar-refractivity contribution in [2.24, 2.45) is 0 Å². The first kappa shape index (κ1) is 17.0. The highest BCUT2D eigenvalue weighted by molar-refractivity contribution is 7.13. The summed E-state index contributed by atoms with van der Waals surface area (Å²) in [5.74, 6) is -0.105. The van der Waals surface area contributed by atoms with Gasteiger partial charge in [-0.1, -0.05) is 30.3 Å². The maximum Gasteiger partial charge on any atom is 0.251 e. The lowest BCUT2D eigenvalue weighted by atomic mass is 10.1. The van der Waals surface area contributed by atoms with Gasteiger partial charge in [0.2, 0.25) is 5.91 Å². The van der Waals surface area contributed by atoms with Crippen molar-refractivity contribution in [2.45, 2.75) is 18.5 Å². The van der Waals surface area contributed by atoms with E-state index in [0.29, 0.717) is 18.5 Å². The maximum absolute atomic E-state index is 12.7. The molecular weight excluding hydrogens is 370 g/mol. The predicted octanol–water partition coefficient (Wildman–Crippen LogP) is 3.74. The highest BCUT2D eigenvalue weighted by atomic mass is 32.1. The minimum Gasteiger partial charge on any atom is -0.356 e. The van der Waals surface area contributed by atoms with Gasteiger partial charge in [0.1, 0.15) is 6.04 Å². The summed E-state index contributed by atoms with van der Waals surface area (Å²) in [6.07, 6.45) is 0.610. The van der Waals surface area contributed by atoms with Gasteiger partial charge in [-0.3, -0.25) is 9.59 Å². The van der Waals surface area contributed by atoms with Gasteiger partial charge in [-0.15, -0.1) is 11.3 Å². The fourth-order valence-electron chi connectivity index (χ4n) is 4.00. The van der Waals surface area contributed by atoms with Crippen molar-refractivity contribution in [1.29, 1.82) is 0 Å². The van der Waals surface area contributed by atoms with Gasteiger partial charge in [0.05, 0.1) is 11.4 Å². The van der Waals surface area contributed by atoms with Gasteiger partial charge >= 0.3 is 0 Å². The molecule has 2 atom stereocenters. The van der Waals surface area contributed by atoms with Crippen molar-refractivity contribution in [3.63, 3.8) is 0 Å².